The van der Waals surface area contributed by atoms with Gasteiger partial charge in [-0.2, -0.15) is 4.91 Å². The van der Waals surface area contributed by atoms with Crippen molar-refractivity contribution in [1.82, 2.24) is 0 Å². The van der Waals surface area contributed by atoms with E-state index < -0.39 is 0 Å². The van der Waals surface area contributed by atoms with E-state index >= 15 is 0 Å². The molecule has 5 unspecified atom stereocenters. The Balaban J connectivity index is 1.48. The first-order chi connectivity index (χ1) is 12.6. The maximum absolute atomic E-state index is 11.1. The molecule has 0 amide bonds. The summed E-state index contributed by atoms with van der Waals surface area (Å²) in [5, 5.41) is 13.4. The second-order valence-corrected chi connectivity index (χ2v) is 9.67. The zero-order valence-electron chi connectivity index (χ0n) is 15.8. The zero-order valence-corrected chi connectivity index (χ0v) is 15.8. The summed E-state index contributed by atoms with van der Waals surface area (Å²) in [6, 6.07) is -0.174. The maximum atomic E-state index is 11.1. The van der Waals surface area contributed by atoms with E-state index in [4.69, 9.17) is 4.74 Å². The first kappa shape index (κ1) is 17.1. The van der Waals surface area contributed by atoms with Gasteiger partial charge in [-0.15, -0.1) is 0 Å². The third kappa shape index (κ3) is 2.15. The van der Waals surface area contributed by atoms with Crippen LogP contribution in [0.25, 0.3) is 0 Å². The lowest BCUT2D eigenvalue weighted by atomic mass is 9.49. The lowest BCUT2D eigenvalue weighted by molar-refractivity contribution is -0.115. The largest absolute Gasteiger partial charge is 0.396 e. The summed E-state index contributed by atoms with van der Waals surface area (Å²) in [7, 11) is 0. The number of hydrogen-bond donors (Lipinski definition) is 1. The Hall–Kier alpha value is -1.00. The van der Waals surface area contributed by atoms with Gasteiger partial charge in [-0.25, -0.2) is 0 Å². The zero-order chi connectivity index (χ0) is 17.9. The van der Waals surface area contributed by atoms with E-state index in [2.05, 4.69) is 30.3 Å². The summed E-state index contributed by atoms with van der Waals surface area (Å²) < 4.78 is 6.32. The third-order valence-corrected chi connectivity index (χ3v) is 8.99. The van der Waals surface area contributed by atoms with Gasteiger partial charge < -0.3 is 9.84 Å². The molecule has 0 bridgehead atoms. The highest BCUT2D eigenvalue weighted by Crippen LogP contribution is 2.67. The Labute approximate surface area is 156 Å². The quantitative estimate of drug-likeness (QED) is 0.594. The van der Waals surface area contributed by atoms with E-state index in [0.717, 1.165) is 38.2 Å². The van der Waals surface area contributed by atoms with Crippen LogP contribution in [0.15, 0.2) is 29.0 Å². The van der Waals surface area contributed by atoms with Gasteiger partial charge in [-0.1, -0.05) is 35.9 Å². The minimum Gasteiger partial charge on any atom is -0.396 e. The molecule has 3 fully saturated rings. The number of rotatable bonds is 2. The highest BCUT2D eigenvalue weighted by Gasteiger charge is 2.63. The fraction of sp³-hybridized carbons (Fsp3) is 0.818. The normalized spacial score (nSPS) is 52.3. The van der Waals surface area contributed by atoms with Crippen molar-refractivity contribution in [2.24, 2.45) is 40.2 Å². The predicted octanol–water partition coefficient (Wildman–Crippen LogP) is 4.24. The first-order valence-electron chi connectivity index (χ1n) is 10.6. The molecular weight excluding hydrogens is 326 g/mol. The molecule has 1 heterocycles. The van der Waals surface area contributed by atoms with Gasteiger partial charge in [0.1, 0.15) is 6.04 Å². The second kappa shape index (κ2) is 6.00. The van der Waals surface area contributed by atoms with Crippen LogP contribution in [0.1, 0.15) is 51.9 Å². The predicted molar refractivity (Wildman–Crippen MR) is 100 cm³/mol. The van der Waals surface area contributed by atoms with E-state index in [0.29, 0.717) is 17.8 Å². The van der Waals surface area contributed by atoms with Crippen molar-refractivity contribution in [2.45, 2.75) is 63.5 Å². The Morgan fingerprint density at radius 1 is 1.23 bits per heavy atom. The van der Waals surface area contributed by atoms with Crippen molar-refractivity contribution in [1.29, 1.82) is 0 Å². The molecule has 1 aliphatic heterocycles. The molecule has 0 saturated heterocycles. The van der Waals surface area contributed by atoms with E-state index in [1.165, 1.54) is 24.8 Å². The van der Waals surface area contributed by atoms with Crippen LogP contribution in [-0.4, -0.2) is 30.0 Å². The van der Waals surface area contributed by atoms with Crippen LogP contribution in [-0.2, 0) is 4.74 Å². The van der Waals surface area contributed by atoms with Gasteiger partial charge in [0.15, 0.2) is 0 Å². The molecule has 26 heavy (non-hydrogen) atoms. The molecule has 1 spiro atoms. The van der Waals surface area contributed by atoms with Crippen LogP contribution in [0, 0.1) is 39.9 Å². The summed E-state index contributed by atoms with van der Waals surface area (Å²) >= 11 is 0. The SMILES string of the molecule is C[C@]12CCC3C(CC(CO)C4=CC(N=O)CC[C@@H]43)C1CC[C@@]21C=CCO1. The molecule has 3 saturated carbocycles. The minimum absolute atomic E-state index is 0.0352. The van der Waals surface area contributed by atoms with Crippen LogP contribution in [0.2, 0.25) is 0 Å². The van der Waals surface area contributed by atoms with Gasteiger partial charge in [-0.3, -0.25) is 0 Å². The Bertz CT molecular complexity index is 658. The molecule has 0 aromatic heterocycles. The number of fused-ring (bicyclic) bond motifs is 6. The lowest BCUT2D eigenvalue weighted by Crippen LogP contribution is -2.53. The summed E-state index contributed by atoms with van der Waals surface area (Å²) in [6.07, 6.45) is 14.6. The fourth-order valence-corrected chi connectivity index (χ4v) is 7.76. The highest BCUT2D eigenvalue weighted by atomic mass is 16.5. The van der Waals surface area contributed by atoms with Gasteiger partial charge in [-0.05, 0) is 68.6 Å². The molecular formula is C22H31NO3. The molecule has 142 valence electrons. The Morgan fingerprint density at radius 3 is 2.85 bits per heavy atom. The molecule has 4 aliphatic carbocycles. The van der Waals surface area contributed by atoms with E-state index in [9.17, 15) is 10.0 Å². The molecule has 8 atom stereocenters. The van der Waals surface area contributed by atoms with Crippen molar-refractivity contribution < 1.29 is 9.84 Å². The van der Waals surface area contributed by atoms with Gasteiger partial charge in [0.25, 0.3) is 0 Å². The summed E-state index contributed by atoms with van der Waals surface area (Å²) in [5.74, 6) is 2.89. The van der Waals surface area contributed by atoms with E-state index in [1.54, 1.807) is 0 Å². The summed E-state index contributed by atoms with van der Waals surface area (Å²) in [6.45, 7) is 3.45. The molecule has 1 N–H and O–H groups in total. The molecule has 4 nitrogen and oxygen atoms in total. The number of hydrogen-bond acceptors (Lipinski definition) is 4. The number of ether oxygens (including phenoxy) is 1. The van der Waals surface area contributed by atoms with Crippen molar-refractivity contribution in [2.75, 3.05) is 13.2 Å². The van der Waals surface area contributed by atoms with Crippen molar-refractivity contribution in [3.05, 3.63) is 28.7 Å². The Morgan fingerprint density at radius 2 is 2.12 bits per heavy atom. The molecule has 0 aromatic rings. The number of aliphatic hydroxyl groups is 1. The average molecular weight is 357 g/mol. The molecule has 4 heteroatoms. The monoisotopic (exact) mass is 357 g/mol. The van der Waals surface area contributed by atoms with Crippen LogP contribution in [0.4, 0.5) is 0 Å². The standard InChI is InChI=1S/C22H31NO3/c1-21-8-5-17-16-4-3-15(23-25)12-18(16)14(13-24)11-19(17)20(21)6-9-22(21)7-2-10-26-22/h2,7,12,14-17,19-20,24H,3-6,8-11,13H2,1H3/t14?,15?,16-,17?,19?,20?,21+,22+/m1/s1. The topological polar surface area (TPSA) is 58.9 Å². The molecule has 0 radical (unpaired) electrons. The van der Waals surface area contributed by atoms with Crippen LogP contribution >= 0.6 is 0 Å². The van der Waals surface area contributed by atoms with Crippen molar-refractivity contribution >= 4 is 0 Å². The van der Waals surface area contributed by atoms with Crippen molar-refractivity contribution in [3.63, 3.8) is 0 Å². The van der Waals surface area contributed by atoms with Gasteiger partial charge >= 0.3 is 0 Å². The van der Waals surface area contributed by atoms with E-state index in [1.807, 2.05) is 0 Å². The number of nitroso groups, excluding NO2 is 1. The molecule has 5 aliphatic rings. The van der Waals surface area contributed by atoms with Gasteiger partial charge in [0, 0.05) is 17.9 Å². The third-order valence-electron chi connectivity index (χ3n) is 8.99. The average Bonchev–Trinajstić information content (AvgIpc) is 3.27. The van der Waals surface area contributed by atoms with E-state index in [-0.39, 0.29) is 29.6 Å². The fourth-order valence-electron chi connectivity index (χ4n) is 7.76. The first-order valence-corrected chi connectivity index (χ1v) is 10.6. The van der Waals surface area contributed by atoms with Crippen LogP contribution < -0.4 is 0 Å². The molecule has 0 aromatic carbocycles. The van der Waals surface area contributed by atoms with Crippen molar-refractivity contribution in [3.8, 4) is 0 Å². The van der Waals surface area contributed by atoms with Gasteiger partial charge in [0.2, 0.25) is 0 Å². The number of nitrogens with zero attached hydrogens (tertiary/aromatic N) is 1. The number of aliphatic hydroxyl groups excluding tert-OH is 1. The minimum atomic E-state index is -0.174. The second-order valence-electron chi connectivity index (χ2n) is 9.67. The van der Waals surface area contributed by atoms with Crippen LogP contribution in [0.3, 0.4) is 0 Å². The summed E-state index contributed by atoms with van der Waals surface area (Å²) in [4.78, 5) is 11.1. The highest BCUT2D eigenvalue weighted by molar-refractivity contribution is 5.27. The maximum Gasteiger partial charge on any atom is 0.110 e. The lowest BCUT2D eigenvalue weighted by Gasteiger charge is -2.57. The summed E-state index contributed by atoms with van der Waals surface area (Å²) in [5.41, 5.74) is 1.56. The smallest absolute Gasteiger partial charge is 0.110 e. The molecule has 5 rings (SSSR count). The van der Waals surface area contributed by atoms with Crippen LogP contribution in [0.5, 0.6) is 0 Å². The Kier molecular flexibility index (Phi) is 3.95. The van der Waals surface area contributed by atoms with Gasteiger partial charge in [0.05, 0.1) is 12.2 Å².